The van der Waals surface area contributed by atoms with Crippen LogP contribution in [0, 0.1) is 0 Å². The summed E-state index contributed by atoms with van der Waals surface area (Å²) in [5, 5.41) is 20.1. The van der Waals surface area contributed by atoms with Crippen LogP contribution >= 0.6 is 11.3 Å². The second kappa shape index (κ2) is 14.8. The molecule has 0 bridgehead atoms. The van der Waals surface area contributed by atoms with Gasteiger partial charge in [0, 0.05) is 53.3 Å². The largest absolute Gasteiger partial charge is 0.417 e. The van der Waals surface area contributed by atoms with E-state index >= 15 is 0 Å². The number of aromatic amines is 1. The van der Waals surface area contributed by atoms with Crippen LogP contribution in [0.2, 0.25) is 0 Å². The number of aromatic nitrogens is 8. The lowest BCUT2D eigenvalue weighted by molar-refractivity contribution is -0.0535. The standard InChI is InChI=1S/C19H13F2N5O2S.C10H7F2N3O2/c20-19(21)28-15-8-6-13(10-22-15)14-7-9-17(27)26(25-14)11-16-23-24-18(29-16)12-4-2-1-3-5-12;11-10(12)17-9-4-1-6(5-13-9)7-2-3-8(16)15-14-7/h1-10,19H,11H2;1-5,10H,(H,15,16). The average molecular weight is 653 g/mol. The molecule has 1 N–H and O–H groups in total. The van der Waals surface area contributed by atoms with Crippen LogP contribution in [0.4, 0.5) is 17.6 Å². The van der Waals surface area contributed by atoms with Gasteiger partial charge in [-0.25, -0.2) is 19.7 Å². The molecule has 0 aliphatic carbocycles. The van der Waals surface area contributed by atoms with E-state index in [9.17, 15) is 27.2 Å². The molecule has 46 heavy (non-hydrogen) atoms. The number of ether oxygens (including phenoxy) is 2. The predicted molar refractivity (Wildman–Crippen MR) is 158 cm³/mol. The molecule has 17 heteroatoms. The second-order valence-corrected chi connectivity index (χ2v) is 9.98. The van der Waals surface area contributed by atoms with Crippen LogP contribution in [-0.2, 0) is 6.54 Å². The van der Waals surface area contributed by atoms with E-state index in [2.05, 4.69) is 44.9 Å². The van der Waals surface area contributed by atoms with Crippen LogP contribution in [0.15, 0.2) is 101 Å². The molecule has 12 nitrogen and oxygen atoms in total. The Morgan fingerprint density at radius 2 is 1.35 bits per heavy atom. The van der Waals surface area contributed by atoms with Crippen molar-refractivity contribution in [3.05, 3.63) is 117 Å². The first-order valence-corrected chi connectivity index (χ1v) is 13.9. The van der Waals surface area contributed by atoms with Crippen molar-refractivity contribution in [1.82, 2.24) is 40.1 Å². The van der Waals surface area contributed by atoms with Crippen LogP contribution < -0.4 is 20.6 Å². The minimum Gasteiger partial charge on any atom is -0.417 e. The summed E-state index contributed by atoms with van der Waals surface area (Å²) in [5.74, 6) is -0.368. The van der Waals surface area contributed by atoms with Gasteiger partial charge in [0.05, 0.1) is 17.9 Å². The number of pyridine rings is 2. The fourth-order valence-corrected chi connectivity index (χ4v) is 4.58. The third kappa shape index (κ3) is 8.63. The van der Waals surface area contributed by atoms with Crippen LogP contribution in [0.3, 0.4) is 0 Å². The minimum absolute atomic E-state index is 0.164. The third-order valence-electron chi connectivity index (χ3n) is 5.80. The van der Waals surface area contributed by atoms with Crippen molar-refractivity contribution >= 4 is 11.3 Å². The van der Waals surface area contributed by atoms with Gasteiger partial charge in [-0.1, -0.05) is 41.7 Å². The van der Waals surface area contributed by atoms with E-state index in [0.717, 1.165) is 10.6 Å². The fourth-order valence-electron chi connectivity index (χ4n) is 3.75. The molecule has 234 valence electrons. The highest BCUT2D eigenvalue weighted by Crippen LogP contribution is 2.24. The Balaban J connectivity index is 0.000000209. The number of rotatable bonds is 9. The summed E-state index contributed by atoms with van der Waals surface area (Å²) < 4.78 is 57.8. The zero-order valence-corrected chi connectivity index (χ0v) is 24.0. The van der Waals surface area contributed by atoms with Gasteiger partial charge in [0.25, 0.3) is 11.1 Å². The first kappa shape index (κ1) is 31.6. The molecular formula is C29H20F4N8O4S. The highest BCUT2D eigenvalue weighted by Gasteiger charge is 2.11. The summed E-state index contributed by atoms with van der Waals surface area (Å²) in [4.78, 5) is 30.5. The van der Waals surface area contributed by atoms with Crippen LogP contribution in [0.1, 0.15) is 5.01 Å². The molecule has 0 spiro atoms. The molecule has 0 amide bonds. The SMILES string of the molecule is O=c1ccc(-c2ccc(OC(F)F)nc2)n[nH]1.O=c1ccc(-c2ccc(OC(F)F)nc2)nn1Cc1nnc(-c2ccccc2)s1. The highest BCUT2D eigenvalue weighted by molar-refractivity contribution is 7.14. The zero-order valence-electron chi connectivity index (χ0n) is 23.2. The van der Waals surface area contributed by atoms with E-state index in [1.807, 2.05) is 30.3 Å². The Bertz CT molecular complexity index is 1970. The van der Waals surface area contributed by atoms with Gasteiger partial charge in [0.2, 0.25) is 11.8 Å². The number of nitrogens with zero attached hydrogens (tertiary/aromatic N) is 7. The summed E-state index contributed by atoms with van der Waals surface area (Å²) in [6, 6.07) is 21.0. The van der Waals surface area contributed by atoms with Crippen LogP contribution in [-0.4, -0.2) is 53.4 Å². The second-order valence-electron chi connectivity index (χ2n) is 8.92. The number of alkyl halides is 4. The highest BCUT2D eigenvalue weighted by atomic mass is 32.1. The molecule has 0 saturated heterocycles. The normalized spacial score (nSPS) is 10.8. The van der Waals surface area contributed by atoms with Gasteiger partial charge in [-0.05, 0) is 24.3 Å². The van der Waals surface area contributed by atoms with E-state index in [-0.39, 0.29) is 29.4 Å². The minimum atomic E-state index is -2.94. The Hall–Kier alpha value is -5.84. The Kier molecular flexibility index (Phi) is 10.1. The van der Waals surface area contributed by atoms with Gasteiger partial charge in [0.15, 0.2) is 0 Å². The maximum absolute atomic E-state index is 12.2. The van der Waals surface area contributed by atoms with Gasteiger partial charge in [-0.2, -0.15) is 27.8 Å². The quantitative estimate of drug-likeness (QED) is 0.214. The number of hydrogen-bond acceptors (Lipinski definition) is 11. The molecule has 0 aliphatic heterocycles. The van der Waals surface area contributed by atoms with Crippen molar-refractivity contribution in [2.75, 3.05) is 0 Å². The molecule has 0 radical (unpaired) electrons. The molecule has 6 rings (SSSR count). The van der Waals surface area contributed by atoms with Crippen molar-refractivity contribution in [2.24, 2.45) is 0 Å². The van der Waals surface area contributed by atoms with E-state index < -0.39 is 13.2 Å². The zero-order chi connectivity index (χ0) is 32.5. The third-order valence-corrected chi connectivity index (χ3v) is 6.76. The van der Waals surface area contributed by atoms with Crippen molar-refractivity contribution in [3.8, 4) is 44.8 Å². The monoisotopic (exact) mass is 652 g/mol. The van der Waals surface area contributed by atoms with E-state index in [0.29, 0.717) is 27.5 Å². The Morgan fingerprint density at radius 1 is 0.717 bits per heavy atom. The number of benzene rings is 1. The van der Waals surface area contributed by atoms with Gasteiger partial charge >= 0.3 is 13.2 Å². The Labute approximate surface area is 260 Å². The van der Waals surface area contributed by atoms with E-state index in [4.69, 9.17) is 0 Å². The first-order valence-electron chi connectivity index (χ1n) is 13.1. The number of halogens is 4. The fraction of sp³-hybridized carbons (Fsp3) is 0.103. The summed E-state index contributed by atoms with van der Waals surface area (Å²) >= 11 is 1.38. The lowest BCUT2D eigenvalue weighted by atomic mass is 10.2. The summed E-state index contributed by atoms with van der Waals surface area (Å²) in [6.45, 7) is -5.68. The average Bonchev–Trinajstić information content (AvgIpc) is 3.52. The van der Waals surface area contributed by atoms with Gasteiger partial charge in [-0.15, -0.1) is 10.2 Å². The van der Waals surface area contributed by atoms with E-state index in [1.165, 1.54) is 64.8 Å². The maximum atomic E-state index is 12.2. The lowest BCUT2D eigenvalue weighted by Crippen LogP contribution is -2.22. The molecule has 6 aromatic rings. The predicted octanol–water partition coefficient (Wildman–Crippen LogP) is 4.91. The van der Waals surface area contributed by atoms with Crippen molar-refractivity contribution in [3.63, 3.8) is 0 Å². The van der Waals surface area contributed by atoms with Crippen molar-refractivity contribution < 1.29 is 27.0 Å². The maximum Gasteiger partial charge on any atom is 0.388 e. The number of H-pyrrole nitrogens is 1. The molecule has 1 aromatic carbocycles. The number of nitrogens with one attached hydrogen (secondary N) is 1. The smallest absolute Gasteiger partial charge is 0.388 e. The van der Waals surface area contributed by atoms with Crippen molar-refractivity contribution in [2.45, 2.75) is 19.8 Å². The molecular weight excluding hydrogens is 632 g/mol. The van der Waals surface area contributed by atoms with Gasteiger partial charge in [0.1, 0.15) is 10.0 Å². The summed E-state index contributed by atoms with van der Waals surface area (Å²) in [5.41, 5.74) is 2.43. The molecule has 5 heterocycles. The molecule has 0 saturated carbocycles. The van der Waals surface area contributed by atoms with Crippen LogP contribution in [0.25, 0.3) is 33.1 Å². The van der Waals surface area contributed by atoms with Gasteiger partial charge in [-0.3, -0.25) is 9.59 Å². The molecule has 0 aliphatic rings. The molecule has 5 aromatic heterocycles. The summed E-state index contributed by atoms with van der Waals surface area (Å²) in [7, 11) is 0. The summed E-state index contributed by atoms with van der Waals surface area (Å²) in [6.07, 6.45) is 2.69. The lowest BCUT2D eigenvalue weighted by Gasteiger charge is -2.06. The molecule has 0 atom stereocenters. The Morgan fingerprint density at radius 3 is 1.91 bits per heavy atom. The molecule has 0 unspecified atom stereocenters. The first-order chi connectivity index (χ1) is 22.2. The van der Waals surface area contributed by atoms with Gasteiger partial charge < -0.3 is 9.47 Å². The number of hydrogen-bond donors (Lipinski definition) is 1. The van der Waals surface area contributed by atoms with Crippen molar-refractivity contribution in [1.29, 1.82) is 0 Å². The topological polar surface area (TPSA) is 151 Å². The van der Waals surface area contributed by atoms with Crippen LogP contribution in [0.5, 0.6) is 11.8 Å². The van der Waals surface area contributed by atoms with E-state index in [1.54, 1.807) is 12.1 Å². The molecule has 0 fully saturated rings.